The molecule has 1 atom stereocenters. The molecule has 1 aliphatic heterocycles. The van der Waals surface area contributed by atoms with Gasteiger partial charge in [-0.2, -0.15) is 4.98 Å². The first-order valence-electron chi connectivity index (χ1n) is 11.3. The smallest absolute Gasteiger partial charge is 0.298 e. The van der Waals surface area contributed by atoms with E-state index in [-0.39, 0.29) is 12.1 Å². The van der Waals surface area contributed by atoms with Gasteiger partial charge in [-0.1, -0.05) is 24.2 Å². The lowest BCUT2D eigenvalue weighted by Crippen LogP contribution is -2.38. The molecule has 0 N–H and O–H groups in total. The molecule has 0 radical (unpaired) electrons. The van der Waals surface area contributed by atoms with Crippen LogP contribution in [0.1, 0.15) is 44.2 Å². The number of fused-ring (bicyclic) bond motifs is 1. The van der Waals surface area contributed by atoms with E-state index in [1.807, 2.05) is 49.4 Å². The molecule has 1 aliphatic carbocycles. The number of nitrogens with zero attached hydrogens (tertiary/aromatic N) is 5. The second kappa shape index (κ2) is 9.01. The minimum absolute atomic E-state index is 0.158. The predicted octanol–water partition coefficient (Wildman–Crippen LogP) is 6.04. The minimum Gasteiger partial charge on any atom is -0.493 e. The van der Waals surface area contributed by atoms with E-state index in [0.29, 0.717) is 11.6 Å². The number of anilines is 1. The van der Waals surface area contributed by atoms with Crippen LogP contribution in [0, 0.1) is 5.92 Å². The van der Waals surface area contributed by atoms with Gasteiger partial charge in [-0.05, 0) is 54.1 Å². The van der Waals surface area contributed by atoms with Crippen molar-refractivity contribution in [2.75, 3.05) is 24.6 Å². The highest BCUT2D eigenvalue weighted by Crippen LogP contribution is 2.31. The molecule has 1 aromatic heterocycles. The Balaban J connectivity index is 1.18. The van der Waals surface area contributed by atoms with E-state index in [9.17, 15) is 0 Å². The van der Waals surface area contributed by atoms with Gasteiger partial charge in [0, 0.05) is 36.9 Å². The Morgan fingerprint density at radius 2 is 1.97 bits per heavy atom. The molecule has 2 aromatic carbocycles. The lowest BCUT2D eigenvalue weighted by Gasteiger charge is -2.31. The predicted molar refractivity (Wildman–Crippen MR) is 122 cm³/mol. The fourth-order valence-corrected chi connectivity index (χ4v) is 3.96. The van der Waals surface area contributed by atoms with Crippen LogP contribution in [0.15, 0.2) is 52.0 Å². The molecule has 5 rings (SSSR count). The molecule has 3 aromatic rings. The Morgan fingerprint density at radius 1 is 1.16 bits per heavy atom. The maximum absolute atomic E-state index is 8.66. The van der Waals surface area contributed by atoms with Gasteiger partial charge in [-0.25, -0.2) is 0 Å². The molecule has 1 saturated heterocycles. The third kappa shape index (κ3) is 4.75. The van der Waals surface area contributed by atoms with Gasteiger partial charge in [0.25, 0.3) is 6.01 Å². The van der Waals surface area contributed by atoms with Gasteiger partial charge >= 0.3 is 0 Å². The summed E-state index contributed by atoms with van der Waals surface area (Å²) < 4.78 is 18.1. The minimum atomic E-state index is -0.247. The number of aromatic nitrogens is 1. The van der Waals surface area contributed by atoms with Crippen molar-refractivity contribution in [1.82, 2.24) is 4.98 Å². The Bertz CT molecular complexity index is 1130. The average molecular weight is 434 g/mol. The number of rotatable bonds is 8. The Morgan fingerprint density at radius 3 is 2.75 bits per heavy atom. The van der Waals surface area contributed by atoms with Gasteiger partial charge in [0.15, 0.2) is 5.58 Å². The molecule has 2 aliphatic rings. The van der Waals surface area contributed by atoms with Crippen molar-refractivity contribution < 1.29 is 13.9 Å². The van der Waals surface area contributed by atoms with Crippen LogP contribution in [0.2, 0.25) is 0 Å². The van der Waals surface area contributed by atoms with Crippen LogP contribution < -0.4 is 14.4 Å². The average Bonchev–Trinajstić information content (AvgIpc) is 3.55. The fourth-order valence-electron chi connectivity index (χ4n) is 3.96. The molecule has 166 valence electrons. The first kappa shape index (κ1) is 20.5. The van der Waals surface area contributed by atoms with Crippen LogP contribution in [0.5, 0.6) is 11.5 Å². The van der Waals surface area contributed by atoms with Crippen molar-refractivity contribution in [2.24, 2.45) is 11.0 Å². The second-order valence-corrected chi connectivity index (χ2v) is 8.64. The normalized spacial score (nSPS) is 17.7. The maximum Gasteiger partial charge on any atom is 0.298 e. The molecule has 0 amide bonds. The highest BCUT2D eigenvalue weighted by Gasteiger charge is 2.25. The Hall–Kier alpha value is -3.38. The van der Waals surface area contributed by atoms with Crippen LogP contribution in [0.25, 0.3) is 21.5 Å². The molecule has 1 saturated carbocycles. The van der Waals surface area contributed by atoms with Gasteiger partial charge in [0.2, 0.25) is 0 Å². The van der Waals surface area contributed by atoms with Gasteiger partial charge < -0.3 is 18.8 Å². The molecule has 1 unspecified atom stereocenters. The summed E-state index contributed by atoms with van der Waals surface area (Å²) in [4.78, 5) is 9.68. The SMILES string of the molecule is CC(N=[N+]=[N-])c1ccc2nc(N3CCC(Oc4cccc(OCC5CC5)c4)CC3)oc2c1. The Labute approximate surface area is 186 Å². The van der Waals surface area contributed by atoms with Crippen molar-refractivity contribution in [3.05, 3.63) is 58.5 Å². The van der Waals surface area contributed by atoms with Crippen LogP contribution in [0.4, 0.5) is 6.01 Å². The number of ether oxygens (including phenoxy) is 2. The van der Waals surface area contributed by atoms with Crippen molar-refractivity contribution in [3.63, 3.8) is 0 Å². The summed E-state index contributed by atoms with van der Waals surface area (Å²) in [6.45, 7) is 4.30. The van der Waals surface area contributed by atoms with E-state index < -0.39 is 0 Å². The molecule has 0 bridgehead atoms. The second-order valence-electron chi connectivity index (χ2n) is 8.64. The number of piperidine rings is 1. The quantitative estimate of drug-likeness (QED) is 0.245. The first-order valence-corrected chi connectivity index (χ1v) is 11.3. The molecule has 32 heavy (non-hydrogen) atoms. The molecular formula is C24H27N5O3. The number of hydrogen-bond donors (Lipinski definition) is 0. The van der Waals surface area contributed by atoms with E-state index in [1.54, 1.807) is 0 Å². The number of hydrogen-bond acceptors (Lipinski definition) is 6. The molecule has 0 spiro atoms. The molecule has 2 fully saturated rings. The molecular weight excluding hydrogens is 406 g/mol. The zero-order valence-corrected chi connectivity index (χ0v) is 18.2. The summed E-state index contributed by atoms with van der Waals surface area (Å²) >= 11 is 0. The lowest BCUT2D eigenvalue weighted by molar-refractivity contribution is 0.168. The van der Waals surface area contributed by atoms with Gasteiger partial charge in [0.1, 0.15) is 23.1 Å². The number of oxazole rings is 1. The summed E-state index contributed by atoms with van der Waals surface area (Å²) in [6.07, 6.45) is 4.51. The number of azide groups is 1. The molecule has 2 heterocycles. The van der Waals surface area contributed by atoms with E-state index in [2.05, 4.69) is 19.9 Å². The summed E-state index contributed by atoms with van der Waals surface area (Å²) in [5, 5.41) is 3.75. The van der Waals surface area contributed by atoms with E-state index in [4.69, 9.17) is 19.4 Å². The Kier molecular flexibility index (Phi) is 5.77. The summed E-state index contributed by atoms with van der Waals surface area (Å²) in [5.41, 5.74) is 11.1. The van der Waals surface area contributed by atoms with Crippen molar-refractivity contribution in [1.29, 1.82) is 0 Å². The summed E-state index contributed by atoms with van der Waals surface area (Å²) in [7, 11) is 0. The van der Waals surface area contributed by atoms with E-state index >= 15 is 0 Å². The maximum atomic E-state index is 8.66. The van der Waals surface area contributed by atoms with Gasteiger partial charge in [-0.3, -0.25) is 0 Å². The van der Waals surface area contributed by atoms with Crippen molar-refractivity contribution in [2.45, 2.75) is 44.8 Å². The third-order valence-corrected chi connectivity index (χ3v) is 6.11. The lowest BCUT2D eigenvalue weighted by atomic mass is 10.1. The topological polar surface area (TPSA) is 96.5 Å². The highest BCUT2D eigenvalue weighted by molar-refractivity contribution is 5.75. The number of benzene rings is 2. The van der Waals surface area contributed by atoms with Crippen LogP contribution in [0.3, 0.4) is 0 Å². The molecule has 8 nitrogen and oxygen atoms in total. The van der Waals surface area contributed by atoms with Crippen LogP contribution in [-0.4, -0.2) is 30.8 Å². The summed E-state index contributed by atoms with van der Waals surface area (Å²) in [6, 6.07) is 14.1. The monoisotopic (exact) mass is 433 g/mol. The zero-order chi connectivity index (χ0) is 21.9. The van der Waals surface area contributed by atoms with Crippen molar-refractivity contribution >= 4 is 17.1 Å². The van der Waals surface area contributed by atoms with E-state index in [1.165, 1.54) is 12.8 Å². The highest BCUT2D eigenvalue weighted by atomic mass is 16.5. The third-order valence-electron chi connectivity index (χ3n) is 6.11. The van der Waals surface area contributed by atoms with Gasteiger partial charge in [-0.15, -0.1) is 0 Å². The van der Waals surface area contributed by atoms with Gasteiger partial charge in [0.05, 0.1) is 12.6 Å². The fraction of sp³-hybridized carbons (Fsp3) is 0.458. The standard InChI is InChI=1S/C24H27N5O3/c1-16(27-28-25)18-7-8-22-23(13-18)32-24(26-22)29-11-9-19(10-12-29)31-21-4-2-3-20(14-21)30-15-17-5-6-17/h2-4,7-8,13-14,16-17,19H,5-6,9-12,15H2,1H3. The molecule has 8 heteroatoms. The first-order chi connectivity index (χ1) is 15.7. The van der Waals surface area contributed by atoms with Crippen molar-refractivity contribution in [3.8, 4) is 11.5 Å². The summed E-state index contributed by atoms with van der Waals surface area (Å²) in [5.74, 6) is 2.48. The van der Waals surface area contributed by atoms with Crippen LogP contribution in [-0.2, 0) is 0 Å². The van der Waals surface area contributed by atoms with Crippen LogP contribution >= 0.6 is 0 Å². The zero-order valence-electron chi connectivity index (χ0n) is 18.2. The largest absolute Gasteiger partial charge is 0.493 e. The van der Waals surface area contributed by atoms with E-state index in [0.717, 1.165) is 61.0 Å².